The van der Waals surface area contributed by atoms with E-state index < -0.39 is 0 Å². The third-order valence-electron chi connectivity index (χ3n) is 4.74. The molecule has 1 saturated carbocycles. The van der Waals surface area contributed by atoms with Crippen molar-refractivity contribution in [1.29, 1.82) is 0 Å². The van der Waals surface area contributed by atoms with Crippen molar-refractivity contribution in [2.45, 2.75) is 58.0 Å². The van der Waals surface area contributed by atoms with Gasteiger partial charge in [0.2, 0.25) is 0 Å². The topological polar surface area (TPSA) is 21.3 Å². The number of benzene rings is 1. The number of hydrogen-bond donors (Lipinski definition) is 1. The molecule has 104 valence electrons. The Kier molecular flexibility index (Phi) is 4.07. The van der Waals surface area contributed by atoms with Gasteiger partial charge in [0.1, 0.15) is 5.75 Å². The Balaban J connectivity index is 1.53. The van der Waals surface area contributed by atoms with Gasteiger partial charge in [-0.05, 0) is 42.9 Å². The standard InChI is InChI=1S/C17H25NO/c1-13(15-5-3-2-4-6-15)18-12-14-7-8-17-16(11-14)9-10-19-17/h7-8,11,13,15,18H,2-6,9-10,12H2,1H3/t13-/m1/s1. The van der Waals surface area contributed by atoms with Gasteiger partial charge in [-0.15, -0.1) is 0 Å². The summed E-state index contributed by atoms with van der Waals surface area (Å²) in [4.78, 5) is 0. The molecule has 1 aliphatic carbocycles. The molecule has 0 unspecified atom stereocenters. The summed E-state index contributed by atoms with van der Waals surface area (Å²) >= 11 is 0. The van der Waals surface area contributed by atoms with Crippen LogP contribution >= 0.6 is 0 Å². The van der Waals surface area contributed by atoms with Gasteiger partial charge >= 0.3 is 0 Å². The molecule has 0 amide bonds. The summed E-state index contributed by atoms with van der Waals surface area (Å²) in [6, 6.07) is 7.28. The minimum Gasteiger partial charge on any atom is -0.493 e. The number of fused-ring (bicyclic) bond motifs is 1. The molecule has 1 aliphatic heterocycles. The molecule has 2 aliphatic rings. The zero-order valence-electron chi connectivity index (χ0n) is 12.0. The van der Waals surface area contributed by atoms with Crippen LogP contribution in [0.4, 0.5) is 0 Å². The van der Waals surface area contributed by atoms with Gasteiger partial charge in [-0.3, -0.25) is 0 Å². The number of nitrogens with one attached hydrogen (secondary N) is 1. The Bertz CT molecular complexity index is 423. The van der Waals surface area contributed by atoms with E-state index in [2.05, 4.69) is 30.4 Å². The second kappa shape index (κ2) is 5.96. The van der Waals surface area contributed by atoms with E-state index in [1.807, 2.05) is 0 Å². The average molecular weight is 259 g/mol. The van der Waals surface area contributed by atoms with Crippen LogP contribution in [-0.4, -0.2) is 12.6 Å². The minimum atomic E-state index is 0.643. The van der Waals surface area contributed by atoms with Gasteiger partial charge in [-0.1, -0.05) is 31.4 Å². The quantitative estimate of drug-likeness (QED) is 0.890. The maximum absolute atomic E-state index is 5.55. The summed E-state index contributed by atoms with van der Waals surface area (Å²) in [5.41, 5.74) is 2.77. The van der Waals surface area contributed by atoms with Crippen LogP contribution in [0.3, 0.4) is 0 Å². The van der Waals surface area contributed by atoms with Crippen molar-refractivity contribution in [1.82, 2.24) is 5.32 Å². The van der Waals surface area contributed by atoms with Crippen molar-refractivity contribution in [2.75, 3.05) is 6.61 Å². The highest BCUT2D eigenvalue weighted by Gasteiger charge is 2.19. The third-order valence-corrected chi connectivity index (χ3v) is 4.74. The van der Waals surface area contributed by atoms with Crippen molar-refractivity contribution in [3.63, 3.8) is 0 Å². The second-order valence-electron chi connectivity index (χ2n) is 6.11. The second-order valence-corrected chi connectivity index (χ2v) is 6.11. The van der Waals surface area contributed by atoms with Crippen LogP contribution in [0, 0.1) is 5.92 Å². The summed E-state index contributed by atoms with van der Waals surface area (Å²) in [6.45, 7) is 4.20. The van der Waals surface area contributed by atoms with E-state index in [1.165, 1.54) is 43.2 Å². The Morgan fingerprint density at radius 2 is 2.11 bits per heavy atom. The summed E-state index contributed by atoms with van der Waals surface area (Å²) in [7, 11) is 0. The predicted octanol–water partition coefficient (Wildman–Crippen LogP) is 3.68. The normalized spacial score (nSPS) is 20.9. The first-order chi connectivity index (χ1) is 9.33. The first kappa shape index (κ1) is 13.0. The van der Waals surface area contributed by atoms with Gasteiger partial charge in [0.25, 0.3) is 0 Å². The first-order valence-electron chi connectivity index (χ1n) is 7.81. The molecule has 0 radical (unpaired) electrons. The fourth-order valence-electron chi connectivity index (χ4n) is 3.43. The van der Waals surface area contributed by atoms with E-state index >= 15 is 0 Å². The largest absolute Gasteiger partial charge is 0.493 e. The van der Waals surface area contributed by atoms with Crippen LogP contribution in [0.2, 0.25) is 0 Å². The smallest absolute Gasteiger partial charge is 0.122 e. The van der Waals surface area contributed by atoms with Crippen molar-refractivity contribution in [2.24, 2.45) is 5.92 Å². The lowest BCUT2D eigenvalue weighted by molar-refractivity contribution is 0.280. The van der Waals surface area contributed by atoms with E-state index in [9.17, 15) is 0 Å². The fraction of sp³-hybridized carbons (Fsp3) is 0.647. The molecule has 0 aromatic heterocycles. The van der Waals surface area contributed by atoms with Gasteiger partial charge in [0, 0.05) is 19.0 Å². The molecule has 1 N–H and O–H groups in total. The summed E-state index contributed by atoms with van der Waals surface area (Å²) in [6.07, 6.45) is 8.17. The molecule has 1 heterocycles. The lowest BCUT2D eigenvalue weighted by Crippen LogP contribution is -2.34. The maximum atomic E-state index is 5.55. The van der Waals surface area contributed by atoms with Crippen LogP contribution in [0.25, 0.3) is 0 Å². The molecule has 1 aromatic carbocycles. The molecule has 19 heavy (non-hydrogen) atoms. The van der Waals surface area contributed by atoms with E-state index in [4.69, 9.17) is 4.74 Å². The van der Waals surface area contributed by atoms with Gasteiger partial charge < -0.3 is 10.1 Å². The summed E-state index contributed by atoms with van der Waals surface area (Å²) < 4.78 is 5.55. The number of rotatable bonds is 4. The molecule has 2 nitrogen and oxygen atoms in total. The molecular formula is C17H25NO. The van der Waals surface area contributed by atoms with Gasteiger partial charge in [-0.25, -0.2) is 0 Å². The highest BCUT2D eigenvalue weighted by Crippen LogP contribution is 2.28. The van der Waals surface area contributed by atoms with E-state index in [0.717, 1.165) is 31.2 Å². The van der Waals surface area contributed by atoms with Crippen LogP contribution in [0.15, 0.2) is 18.2 Å². The minimum absolute atomic E-state index is 0.643. The van der Waals surface area contributed by atoms with Crippen molar-refractivity contribution < 1.29 is 4.74 Å². The van der Waals surface area contributed by atoms with Crippen LogP contribution in [-0.2, 0) is 13.0 Å². The fourth-order valence-corrected chi connectivity index (χ4v) is 3.43. The third kappa shape index (κ3) is 3.11. The molecular weight excluding hydrogens is 234 g/mol. The van der Waals surface area contributed by atoms with Gasteiger partial charge in [-0.2, -0.15) is 0 Å². The van der Waals surface area contributed by atoms with E-state index in [0.29, 0.717) is 6.04 Å². The van der Waals surface area contributed by atoms with Crippen molar-refractivity contribution in [3.05, 3.63) is 29.3 Å². The predicted molar refractivity (Wildman–Crippen MR) is 78.5 cm³/mol. The summed E-state index contributed by atoms with van der Waals surface area (Å²) in [5.74, 6) is 1.97. The lowest BCUT2D eigenvalue weighted by atomic mass is 9.84. The van der Waals surface area contributed by atoms with Crippen LogP contribution in [0.1, 0.15) is 50.2 Å². The SMILES string of the molecule is C[C@@H](NCc1ccc2c(c1)CCO2)C1CCCCC1. The van der Waals surface area contributed by atoms with Crippen molar-refractivity contribution in [3.8, 4) is 5.75 Å². The maximum Gasteiger partial charge on any atom is 0.122 e. The van der Waals surface area contributed by atoms with Crippen LogP contribution in [0.5, 0.6) is 5.75 Å². The van der Waals surface area contributed by atoms with E-state index in [1.54, 1.807) is 0 Å². The lowest BCUT2D eigenvalue weighted by Gasteiger charge is -2.28. The number of ether oxygens (including phenoxy) is 1. The Hall–Kier alpha value is -1.02. The molecule has 0 saturated heterocycles. The Morgan fingerprint density at radius 3 is 2.95 bits per heavy atom. The Labute approximate surface area is 116 Å². The van der Waals surface area contributed by atoms with E-state index in [-0.39, 0.29) is 0 Å². The Morgan fingerprint density at radius 1 is 1.26 bits per heavy atom. The van der Waals surface area contributed by atoms with Crippen molar-refractivity contribution >= 4 is 0 Å². The first-order valence-corrected chi connectivity index (χ1v) is 7.81. The number of hydrogen-bond acceptors (Lipinski definition) is 2. The van der Waals surface area contributed by atoms with Gasteiger partial charge in [0.15, 0.2) is 0 Å². The molecule has 1 fully saturated rings. The zero-order chi connectivity index (χ0) is 13.1. The molecule has 3 rings (SSSR count). The highest BCUT2D eigenvalue weighted by molar-refractivity contribution is 5.39. The molecule has 1 atom stereocenters. The highest BCUT2D eigenvalue weighted by atomic mass is 16.5. The van der Waals surface area contributed by atoms with Crippen LogP contribution < -0.4 is 10.1 Å². The summed E-state index contributed by atoms with van der Waals surface area (Å²) in [5, 5.41) is 3.72. The molecule has 2 heteroatoms. The monoisotopic (exact) mass is 259 g/mol. The zero-order valence-corrected chi connectivity index (χ0v) is 12.0. The molecule has 0 spiro atoms. The van der Waals surface area contributed by atoms with Gasteiger partial charge in [0.05, 0.1) is 6.61 Å². The molecule has 0 bridgehead atoms. The molecule has 1 aromatic rings. The average Bonchev–Trinajstić information content (AvgIpc) is 2.93.